The van der Waals surface area contributed by atoms with Crippen LogP contribution in [0.2, 0.25) is 0 Å². The Hall–Kier alpha value is -1.60. The molecular formula is C11H19N3O4. The molecule has 0 aliphatic carbocycles. The van der Waals surface area contributed by atoms with E-state index in [0.29, 0.717) is 32.1 Å². The third-order valence-electron chi connectivity index (χ3n) is 2.28. The predicted molar refractivity (Wildman–Crippen MR) is 65.3 cm³/mol. The normalized spacial score (nSPS) is 10.6. The van der Waals surface area contributed by atoms with Crippen molar-refractivity contribution >= 4 is 11.7 Å². The number of aromatic nitrogens is 2. The van der Waals surface area contributed by atoms with Gasteiger partial charge in [0.05, 0.1) is 26.0 Å². The molecule has 0 aromatic carbocycles. The Bertz CT molecular complexity index is 378. The van der Waals surface area contributed by atoms with Crippen molar-refractivity contribution in [2.24, 2.45) is 0 Å². The van der Waals surface area contributed by atoms with Gasteiger partial charge in [-0.05, 0) is 6.42 Å². The molecule has 1 rings (SSSR count). The number of carbonyl (C=O) groups excluding carboxylic acids is 1. The first-order valence-electron chi connectivity index (χ1n) is 5.67. The third-order valence-corrected chi connectivity index (χ3v) is 2.28. The molecular weight excluding hydrogens is 238 g/mol. The number of carbonyl (C=O) groups is 1. The quantitative estimate of drug-likeness (QED) is 0.532. The van der Waals surface area contributed by atoms with Gasteiger partial charge in [0.2, 0.25) is 0 Å². The Morgan fingerprint density at radius 2 is 2.17 bits per heavy atom. The van der Waals surface area contributed by atoms with E-state index in [0.717, 1.165) is 6.42 Å². The molecule has 1 heterocycles. The second-order valence-corrected chi connectivity index (χ2v) is 3.65. The fourth-order valence-electron chi connectivity index (χ4n) is 1.38. The summed E-state index contributed by atoms with van der Waals surface area (Å²) < 4.78 is 16.3. The van der Waals surface area contributed by atoms with Gasteiger partial charge in [0, 0.05) is 26.5 Å². The summed E-state index contributed by atoms with van der Waals surface area (Å²) in [5.41, 5.74) is 6.13. The largest absolute Gasteiger partial charge is 0.464 e. The average molecular weight is 257 g/mol. The van der Waals surface area contributed by atoms with E-state index >= 15 is 0 Å². The zero-order valence-corrected chi connectivity index (χ0v) is 10.7. The van der Waals surface area contributed by atoms with Crippen molar-refractivity contribution in [2.45, 2.75) is 13.0 Å². The highest BCUT2D eigenvalue weighted by atomic mass is 16.5. The van der Waals surface area contributed by atoms with Crippen LogP contribution < -0.4 is 5.73 Å². The molecule has 1 aromatic heterocycles. The second kappa shape index (κ2) is 7.67. The molecule has 0 amide bonds. The van der Waals surface area contributed by atoms with Crippen LogP contribution in [-0.4, -0.2) is 49.8 Å². The number of hydrogen-bond donors (Lipinski definition) is 1. The summed E-state index contributed by atoms with van der Waals surface area (Å²) in [6.07, 6.45) is 2.40. The van der Waals surface area contributed by atoms with Gasteiger partial charge in [-0.1, -0.05) is 0 Å². The number of nitrogens with two attached hydrogens (primary N) is 1. The molecule has 0 aliphatic rings. The van der Waals surface area contributed by atoms with Crippen molar-refractivity contribution in [1.29, 1.82) is 0 Å². The van der Waals surface area contributed by atoms with Gasteiger partial charge in [-0.2, -0.15) is 5.10 Å². The molecule has 0 saturated carbocycles. The van der Waals surface area contributed by atoms with Crippen LogP contribution in [0.15, 0.2) is 6.20 Å². The second-order valence-electron chi connectivity index (χ2n) is 3.65. The van der Waals surface area contributed by atoms with Crippen molar-refractivity contribution in [2.75, 3.05) is 39.8 Å². The first-order chi connectivity index (χ1) is 8.69. The SMILES string of the molecule is COCCOCCCn1cc(N)c(C(=O)OC)n1. The van der Waals surface area contributed by atoms with Crippen LogP contribution in [0.4, 0.5) is 5.69 Å². The van der Waals surface area contributed by atoms with Gasteiger partial charge < -0.3 is 19.9 Å². The summed E-state index contributed by atoms with van der Waals surface area (Å²) in [5.74, 6) is -0.525. The monoisotopic (exact) mass is 257 g/mol. The minimum absolute atomic E-state index is 0.151. The fourth-order valence-corrected chi connectivity index (χ4v) is 1.38. The van der Waals surface area contributed by atoms with E-state index < -0.39 is 5.97 Å². The van der Waals surface area contributed by atoms with Gasteiger partial charge in [-0.3, -0.25) is 4.68 Å². The lowest BCUT2D eigenvalue weighted by molar-refractivity contribution is 0.0593. The summed E-state index contributed by atoms with van der Waals surface area (Å²) in [5, 5.41) is 4.05. The lowest BCUT2D eigenvalue weighted by atomic mass is 10.4. The number of anilines is 1. The molecule has 7 heteroatoms. The lowest BCUT2D eigenvalue weighted by Gasteiger charge is -2.03. The van der Waals surface area contributed by atoms with E-state index in [1.54, 1.807) is 18.0 Å². The number of nitrogens with zero attached hydrogens (tertiary/aromatic N) is 2. The number of aryl methyl sites for hydroxylation is 1. The summed E-state index contributed by atoms with van der Waals surface area (Å²) >= 11 is 0. The lowest BCUT2D eigenvalue weighted by Crippen LogP contribution is -2.08. The van der Waals surface area contributed by atoms with Crippen LogP contribution in [-0.2, 0) is 20.8 Å². The summed E-state index contributed by atoms with van der Waals surface area (Å²) in [6.45, 7) is 2.40. The zero-order chi connectivity index (χ0) is 13.4. The molecule has 7 nitrogen and oxygen atoms in total. The van der Waals surface area contributed by atoms with E-state index in [1.165, 1.54) is 7.11 Å². The van der Waals surface area contributed by atoms with Crippen LogP contribution in [0, 0.1) is 0 Å². The minimum Gasteiger partial charge on any atom is -0.464 e. The summed E-state index contributed by atoms with van der Waals surface area (Å²) in [7, 11) is 2.93. The highest BCUT2D eigenvalue weighted by Crippen LogP contribution is 2.10. The van der Waals surface area contributed by atoms with Gasteiger partial charge in [0.25, 0.3) is 0 Å². The van der Waals surface area contributed by atoms with Crippen LogP contribution in [0.3, 0.4) is 0 Å². The maximum Gasteiger partial charge on any atom is 0.360 e. The maximum absolute atomic E-state index is 11.3. The number of nitrogen functional groups attached to an aromatic ring is 1. The molecule has 18 heavy (non-hydrogen) atoms. The first-order valence-corrected chi connectivity index (χ1v) is 5.67. The topological polar surface area (TPSA) is 88.6 Å². The van der Waals surface area contributed by atoms with E-state index in [2.05, 4.69) is 9.84 Å². The van der Waals surface area contributed by atoms with Crippen molar-refractivity contribution in [1.82, 2.24) is 9.78 Å². The Morgan fingerprint density at radius 3 is 2.83 bits per heavy atom. The molecule has 0 fully saturated rings. The van der Waals surface area contributed by atoms with Gasteiger partial charge in [0.15, 0.2) is 5.69 Å². The number of rotatable bonds is 8. The molecule has 102 valence electrons. The maximum atomic E-state index is 11.3. The Morgan fingerprint density at radius 1 is 1.39 bits per heavy atom. The predicted octanol–water partition coefficient (Wildman–Crippen LogP) is 0.305. The fraction of sp³-hybridized carbons (Fsp3) is 0.636. The Kier molecular flexibility index (Phi) is 6.16. The molecule has 0 aliphatic heterocycles. The smallest absolute Gasteiger partial charge is 0.360 e. The molecule has 0 atom stereocenters. The van der Waals surface area contributed by atoms with Crippen molar-refractivity contribution in [3.63, 3.8) is 0 Å². The van der Waals surface area contributed by atoms with E-state index in [9.17, 15) is 4.79 Å². The van der Waals surface area contributed by atoms with E-state index in [4.69, 9.17) is 15.2 Å². The molecule has 0 radical (unpaired) electrons. The van der Waals surface area contributed by atoms with Crippen LogP contribution in [0.1, 0.15) is 16.9 Å². The molecule has 0 unspecified atom stereocenters. The van der Waals surface area contributed by atoms with Gasteiger partial charge in [0.1, 0.15) is 0 Å². The Labute approximate surface area is 106 Å². The standard InChI is InChI=1S/C11H19N3O4/c1-16-6-7-18-5-3-4-14-8-9(12)10(13-14)11(15)17-2/h8H,3-7,12H2,1-2H3. The average Bonchev–Trinajstić information content (AvgIpc) is 2.74. The van der Waals surface area contributed by atoms with Gasteiger partial charge in [-0.15, -0.1) is 0 Å². The van der Waals surface area contributed by atoms with Crippen molar-refractivity contribution < 1.29 is 19.0 Å². The van der Waals surface area contributed by atoms with E-state index in [1.807, 2.05) is 0 Å². The zero-order valence-electron chi connectivity index (χ0n) is 10.7. The van der Waals surface area contributed by atoms with Crippen LogP contribution in [0.5, 0.6) is 0 Å². The van der Waals surface area contributed by atoms with Crippen LogP contribution in [0.25, 0.3) is 0 Å². The van der Waals surface area contributed by atoms with E-state index in [-0.39, 0.29) is 5.69 Å². The Balaban J connectivity index is 2.33. The van der Waals surface area contributed by atoms with Gasteiger partial charge in [-0.25, -0.2) is 4.79 Å². The number of methoxy groups -OCH3 is 2. The minimum atomic E-state index is -0.525. The van der Waals surface area contributed by atoms with Crippen molar-refractivity contribution in [3.05, 3.63) is 11.9 Å². The number of hydrogen-bond acceptors (Lipinski definition) is 6. The number of esters is 1. The summed E-state index contributed by atoms with van der Waals surface area (Å²) in [6, 6.07) is 0. The number of ether oxygens (including phenoxy) is 3. The van der Waals surface area contributed by atoms with Gasteiger partial charge >= 0.3 is 5.97 Å². The molecule has 0 bridgehead atoms. The van der Waals surface area contributed by atoms with Crippen LogP contribution >= 0.6 is 0 Å². The summed E-state index contributed by atoms with van der Waals surface area (Å²) in [4.78, 5) is 11.3. The molecule has 0 spiro atoms. The first kappa shape index (κ1) is 14.5. The molecule has 2 N–H and O–H groups in total. The highest BCUT2D eigenvalue weighted by molar-refractivity contribution is 5.92. The third kappa shape index (κ3) is 4.34. The molecule has 0 saturated heterocycles. The molecule has 1 aromatic rings. The highest BCUT2D eigenvalue weighted by Gasteiger charge is 2.14. The van der Waals surface area contributed by atoms with Crippen molar-refractivity contribution in [3.8, 4) is 0 Å².